The van der Waals surface area contributed by atoms with E-state index in [4.69, 9.17) is 9.47 Å². The summed E-state index contributed by atoms with van der Waals surface area (Å²) in [6, 6.07) is -0.139. The summed E-state index contributed by atoms with van der Waals surface area (Å²) >= 11 is 0. The summed E-state index contributed by atoms with van der Waals surface area (Å²) in [7, 11) is 3.27. The molecule has 0 radical (unpaired) electrons. The molecule has 2 aliphatic rings. The van der Waals surface area contributed by atoms with Crippen molar-refractivity contribution in [3.05, 3.63) is 11.3 Å². The molecule has 9 heteroatoms. The van der Waals surface area contributed by atoms with E-state index >= 15 is 0 Å². The van der Waals surface area contributed by atoms with Crippen molar-refractivity contribution in [3.63, 3.8) is 0 Å². The lowest BCUT2D eigenvalue weighted by Gasteiger charge is -2.31. The predicted octanol–water partition coefficient (Wildman–Crippen LogP) is 2.00. The van der Waals surface area contributed by atoms with Crippen molar-refractivity contribution in [1.29, 1.82) is 0 Å². The van der Waals surface area contributed by atoms with Crippen molar-refractivity contribution < 1.29 is 19.1 Å². The Morgan fingerprint density at radius 1 is 1.15 bits per heavy atom. The van der Waals surface area contributed by atoms with Crippen LogP contribution in [-0.4, -0.2) is 64.7 Å². The molecule has 142 valence electrons. The Kier molecular flexibility index (Phi) is 4.64. The van der Waals surface area contributed by atoms with E-state index in [9.17, 15) is 9.59 Å². The molecule has 0 spiro atoms. The van der Waals surface area contributed by atoms with Gasteiger partial charge in [-0.05, 0) is 27.2 Å². The van der Waals surface area contributed by atoms with E-state index in [0.717, 1.165) is 12.0 Å². The monoisotopic (exact) mass is 363 g/mol. The van der Waals surface area contributed by atoms with E-state index in [0.29, 0.717) is 43.7 Å². The smallest absolute Gasteiger partial charge is 0.410 e. The minimum atomic E-state index is -0.572. The Morgan fingerprint density at radius 2 is 1.88 bits per heavy atom. The molecule has 3 rings (SSSR count). The molecule has 2 aliphatic heterocycles. The average Bonchev–Trinajstić information content (AvgIpc) is 2.99. The molecule has 0 saturated carbocycles. The first-order valence-corrected chi connectivity index (χ1v) is 8.64. The van der Waals surface area contributed by atoms with E-state index < -0.39 is 11.7 Å². The van der Waals surface area contributed by atoms with E-state index in [1.165, 1.54) is 7.11 Å². The second-order valence-electron chi connectivity index (χ2n) is 7.50. The Labute approximate surface area is 152 Å². The number of aromatic nitrogens is 2. The highest BCUT2D eigenvalue weighted by atomic mass is 16.6. The lowest BCUT2D eigenvalue weighted by Crippen LogP contribution is -2.48. The lowest BCUT2D eigenvalue weighted by molar-refractivity contribution is 0.0240. The van der Waals surface area contributed by atoms with Gasteiger partial charge in [0.1, 0.15) is 5.60 Å². The maximum absolute atomic E-state index is 12.4. The van der Waals surface area contributed by atoms with Crippen molar-refractivity contribution in [1.82, 2.24) is 19.8 Å². The summed E-state index contributed by atoms with van der Waals surface area (Å²) in [5, 5.41) is 0. The van der Waals surface area contributed by atoms with Gasteiger partial charge in [-0.15, -0.1) is 0 Å². The van der Waals surface area contributed by atoms with Gasteiger partial charge in [0.05, 0.1) is 31.5 Å². The molecule has 0 bridgehead atoms. The standard InChI is InChI=1S/C17H25N5O4/c1-17(2,3)26-16(24)21-9-11-12(10-21)18-14(19-13(11)25-5)22-8-6-7-20(4)15(22)23/h6-10H2,1-5H3. The molecule has 26 heavy (non-hydrogen) atoms. The van der Waals surface area contributed by atoms with Gasteiger partial charge in [0.15, 0.2) is 0 Å². The zero-order valence-electron chi connectivity index (χ0n) is 15.9. The highest BCUT2D eigenvalue weighted by Crippen LogP contribution is 2.31. The second kappa shape index (κ2) is 6.62. The zero-order chi connectivity index (χ0) is 19.1. The van der Waals surface area contributed by atoms with Crippen molar-refractivity contribution in [2.75, 3.05) is 32.1 Å². The van der Waals surface area contributed by atoms with Crippen LogP contribution in [-0.2, 0) is 17.8 Å². The molecule has 0 aromatic carbocycles. The number of nitrogens with zero attached hydrogens (tertiary/aromatic N) is 5. The van der Waals surface area contributed by atoms with E-state index in [1.54, 1.807) is 21.7 Å². The van der Waals surface area contributed by atoms with Gasteiger partial charge in [-0.3, -0.25) is 9.80 Å². The summed E-state index contributed by atoms with van der Waals surface area (Å²) in [6.07, 6.45) is 0.433. The molecule has 1 fully saturated rings. The van der Waals surface area contributed by atoms with Gasteiger partial charge in [-0.25, -0.2) is 14.6 Å². The highest BCUT2D eigenvalue weighted by Gasteiger charge is 2.34. The molecule has 0 N–H and O–H groups in total. The number of amides is 3. The van der Waals surface area contributed by atoms with Crippen LogP contribution >= 0.6 is 0 Å². The van der Waals surface area contributed by atoms with Crippen molar-refractivity contribution >= 4 is 18.1 Å². The number of fused-ring (bicyclic) bond motifs is 1. The first kappa shape index (κ1) is 18.2. The molecule has 9 nitrogen and oxygen atoms in total. The second-order valence-corrected chi connectivity index (χ2v) is 7.50. The molecule has 0 unspecified atom stereocenters. The number of hydrogen-bond acceptors (Lipinski definition) is 6. The fraction of sp³-hybridized carbons (Fsp3) is 0.647. The summed E-state index contributed by atoms with van der Waals surface area (Å²) in [6.45, 7) is 7.36. The number of ether oxygens (including phenoxy) is 2. The van der Waals surface area contributed by atoms with Gasteiger partial charge in [0.25, 0.3) is 0 Å². The molecular weight excluding hydrogens is 338 g/mol. The van der Waals surface area contributed by atoms with Gasteiger partial charge in [-0.2, -0.15) is 4.98 Å². The number of methoxy groups -OCH3 is 1. The molecule has 3 heterocycles. The van der Waals surface area contributed by atoms with Gasteiger partial charge in [-0.1, -0.05) is 0 Å². The van der Waals surface area contributed by atoms with Crippen LogP contribution in [0.5, 0.6) is 5.88 Å². The largest absolute Gasteiger partial charge is 0.481 e. The highest BCUT2D eigenvalue weighted by molar-refractivity contribution is 5.90. The van der Waals surface area contributed by atoms with Crippen LogP contribution in [0.2, 0.25) is 0 Å². The Balaban J connectivity index is 1.86. The average molecular weight is 363 g/mol. The summed E-state index contributed by atoms with van der Waals surface area (Å²) in [5.74, 6) is 0.695. The molecule has 0 atom stereocenters. The topological polar surface area (TPSA) is 88.1 Å². The summed E-state index contributed by atoms with van der Waals surface area (Å²) in [5.41, 5.74) is 0.857. The quantitative estimate of drug-likeness (QED) is 0.798. The third kappa shape index (κ3) is 3.51. The van der Waals surface area contributed by atoms with Gasteiger partial charge in [0.2, 0.25) is 11.8 Å². The molecule has 3 amide bonds. The third-order valence-corrected chi connectivity index (χ3v) is 4.25. The van der Waals surface area contributed by atoms with Gasteiger partial charge < -0.3 is 14.4 Å². The number of carbonyl (C=O) groups is 2. The minimum Gasteiger partial charge on any atom is -0.481 e. The van der Waals surface area contributed by atoms with Crippen molar-refractivity contribution in [2.45, 2.75) is 45.9 Å². The normalized spacial score (nSPS) is 17.4. The predicted molar refractivity (Wildman–Crippen MR) is 94.1 cm³/mol. The minimum absolute atomic E-state index is 0.139. The first-order chi connectivity index (χ1) is 12.2. The number of carbonyl (C=O) groups excluding carboxylic acids is 2. The van der Waals surface area contributed by atoms with E-state index in [2.05, 4.69) is 9.97 Å². The van der Waals surface area contributed by atoms with Crippen LogP contribution in [0.15, 0.2) is 0 Å². The lowest BCUT2D eigenvalue weighted by atomic mass is 10.2. The molecule has 1 saturated heterocycles. The van der Waals surface area contributed by atoms with Crippen LogP contribution in [0.4, 0.5) is 15.5 Å². The Hall–Kier alpha value is -2.58. The first-order valence-electron chi connectivity index (χ1n) is 8.64. The maximum atomic E-state index is 12.4. The summed E-state index contributed by atoms with van der Waals surface area (Å²) < 4.78 is 10.8. The van der Waals surface area contributed by atoms with E-state index in [-0.39, 0.29) is 6.03 Å². The van der Waals surface area contributed by atoms with Gasteiger partial charge >= 0.3 is 12.1 Å². The van der Waals surface area contributed by atoms with Crippen LogP contribution in [0.25, 0.3) is 0 Å². The van der Waals surface area contributed by atoms with Crippen LogP contribution in [0, 0.1) is 0 Å². The molecule has 0 aliphatic carbocycles. The van der Waals surface area contributed by atoms with E-state index in [1.807, 2.05) is 20.8 Å². The molecule has 1 aromatic rings. The fourth-order valence-corrected chi connectivity index (χ4v) is 3.01. The van der Waals surface area contributed by atoms with Crippen LogP contribution < -0.4 is 9.64 Å². The Morgan fingerprint density at radius 3 is 2.54 bits per heavy atom. The number of hydrogen-bond donors (Lipinski definition) is 0. The zero-order valence-corrected chi connectivity index (χ0v) is 15.9. The number of rotatable bonds is 2. The van der Waals surface area contributed by atoms with Crippen molar-refractivity contribution in [3.8, 4) is 5.88 Å². The van der Waals surface area contributed by atoms with Crippen LogP contribution in [0.3, 0.4) is 0 Å². The maximum Gasteiger partial charge on any atom is 0.410 e. The number of urea groups is 1. The Bertz CT molecular complexity index is 731. The van der Waals surface area contributed by atoms with Crippen LogP contribution in [0.1, 0.15) is 38.4 Å². The van der Waals surface area contributed by atoms with Crippen molar-refractivity contribution in [2.24, 2.45) is 0 Å². The van der Waals surface area contributed by atoms with Gasteiger partial charge in [0, 0.05) is 20.1 Å². The fourth-order valence-electron chi connectivity index (χ4n) is 3.01. The molecular formula is C17H25N5O4. The SMILES string of the molecule is COc1nc(N2CCCN(C)C2=O)nc2c1CN(C(=O)OC(C)(C)C)C2. The number of anilines is 1. The third-order valence-electron chi connectivity index (χ3n) is 4.25. The summed E-state index contributed by atoms with van der Waals surface area (Å²) in [4.78, 5) is 38.4. The molecule has 1 aromatic heterocycles.